The fourth-order valence-electron chi connectivity index (χ4n) is 1.58. The number of carbonyl (C=O) groups excluding carboxylic acids is 2. The van der Waals surface area contributed by atoms with Crippen molar-refractivity contribution < 1.29 is 28.2 Å². The molecule has 0 atom stereocenters. The van der Waals surface area contributed by atoms with Gasteiger partial charge in [0.2, 0.25) is 0 Å². The van der Waals surface area contributed by atoms with Crippen molar-refractivity contribution in [3.63, 3.8) is 0 Å². The molecule has 0 aliphatic carbocycles. The molecule has 0 bridgehead atoms. The van der Waals surface area contributed by atoms with Gasteiger partial charge in [-0.15, -0.1) is 0 Å². The maximum atomic E-state index is 13.7. The van der Waals surface area contributed by atoms with E-state index in [1.54, 1.807) is 20.8 Å². The normalized spacial score (nSPS) is 11.8. The van der Waals surface area contributed by atoms with Crippen LogP contribution >= 0.6 is 0 Å². The fourth-order valence-corrected chi connectivity index (χ4v) is 1.58. The van der Waals surface area contributed by atoms with E-state index in [9.17, 15) is 14.0 Å². The van der Waals surface area contributed by atoms with Crippen molar-refractivity contribution in [3.8, 4) is 5.75 Å². The molecule has 0 saturated heterocycles. The lowest BCUT2D eigenvalue weighted by Crippen LogP contribution is -2.27. The molecule has 0 radical (unpaired) electrons. The van der Waals surface area contributed by atoms with Crippen molar-refractivity contribution in [2.75, 3.05) is 14.2 Å². The van der Waals surface area contributed by atoms with Crippen LogP contribution in [0.3, 0.4) is 0 Å². The number of benzene rings is 1. The third-order valence-electron chi connectivity index (χ3n) is 2.51. The lowest BCUT2D eigenvalue weighted by molar-refractivity contribution is -0.153. The van der Waals surface area contributed by atoms with Crippen LogP contribution in [0.2, 0.25) is 0 Å². The van der Waals surface area contributed by atoms with Crippen LogP contribution in [0.15, 0.2) is 23.8 Å². The maximum Gasteiger partial charge on any atom is 0.346 e. The Bertz CT molecular complexity index is 599. The summed E-state index contributed by atoms with van der Waals surface area (Å²) in [6.07, 6.45) is 1.21. The monoisotopic (exact) mass is 310 g/mol. The number of halogens is 1. The third kappa shape index (κ3) is 4.87. The van der Waals surface area contributed by atoms with Crippen molar-refractivity contribution in [1.29, 1.82) is 0 Å². The zero-order valence-corrected chi connectivity index (χ0v) is 13.2. The number of hydrogen-bond donors (Lipinski definition) is 0. The van der Waals surface area contributed by atoms with E-state index < -0.39 is 23.4 Å². The van der Waals surface area contributed by atoms with Gasteiger partial charge < -0.3 is 14.2 Å². The molecule has 0 N–H and O–H groups in total. The van der Waals surface area contributed by atoms with Gasteiger partial charge in [0.15, 0.2) is 11.6 Å². The van der Waals surface area contributed by atoms with E-state index in [2.05, 4.69) is 4.74 Å². The highest BCUT2D eigenvalue weighted by atomic mass is 19.1. The molecule has 22 heavy (non-hydrogen) atoms. The molecule has 0 aliphatic heterocycles. The summed E-state index contributed by atoms with van der Waals surface area (Å²) in [4.78, 5) is 23.8. The molecule has 0 saturated carbocycles. The van der Waals surface area contributed by atoms with Crippen LogP contribution in [0.25, 0.3) is 6.08 Å². The molecule has 1 aromatic carbocycles. The number of methoxy groups -OCH3 is 2. The molecule has 120 valence electrons. The van der Waals surface area contributed by atoms with Crippen molar-refractivity contribution in [2.45, 2.75) is 26.4 Å². The second-order valence-electron chi connectivity index (χ2n) is 5.45. The average molecular weight is 310 g/mol. The minimum Gasteiger partial charge on any atom is -0.494 e. The fraction of sp³-hybridized carbons (Fsp3) is 0.375. The molecule has 1 aromatic rings. The Kier molecular flexibility index (Phi) is 5.68. The lowest BCUT2D eigenvalue weighted by atomic mass is 10.1. The highest BCUT2D eigenvalue weighted by molar-refractivity contribution is 6.17. The Labute approximate surface area is 128 Å². The van der Waals surface area contributed by atoms with Crippen LogP contribution in [-0.4, -0.2) is 31.8 Å². The van der Waals surface area contributed by atoms with Crippen LogP contribution in [0.1, 0.15) is 26.3 Å². The molecular formula is C16H19FO5. The van der Waals surface area contributed by atoms with Crippen LogP contribution in [0.5, 0.6) is 5.75 Å². The molecule has 6 heteroatoms. The van der Waals surface area contributed by atoms with Gasteiger partial charge in [0.25, 0.3) is 0 Å². The van der Waals surface area contributed by atoms with Crippen LogP contribution in [-0.2, 0) is 19.1 Å². The first-order valence-corrected chi connectivity index (χ1v) is 6.55. The topological polar surface area (TPSA) is 61.8 Å². The summed E-state index contributed by atoms with van der Waals surface area (Å²) >= 11 is 0. The largest absolute Gasteiger partial charge is 0.494 e. The van der Waals surface area contributed by atoms with E-state index in [-0.39, 0.29) is 11.3 Å². The first-order chi connectivity index (χ1) is 10.2. The lowest BCUT2D eigenvalue weighted by Gasteiger charge is -2.20. The summed E-state index contributed by atoms with van der Waals surface area (Å²) in [5, 5.41) is 0. The number of rotatable bonds is 4. The summed E-state index contributed by atoms with van der Waals surface area (Å²) in [6.45, 7) is 5.02. The van der Waals surface area contributed by atoms with Gasteiger partial charge in [-0.25, -0.2) is 14.0 Å². The van der Waals surface area contributed by atoms with Gasteiger partial charge in [-0.3, -0.25) is 0 Å². The number of hydrogen-bond acceptors (Lipinski definition) is 5. The molecular weight excluding hydrogens is 291 g/mol. The Hall–Kier alpha value is -2.37. The second kappa shape index (κ2) is 7.06. The summed E-state index contributed by atoms with van der Waals surface area (Å²) < 4.78 is 28.2. The highest BCUT2D eigenvalue weighted by Gasteiger charge is 2.25. The van der Waals surface area contributed by atoms with Gasteiger partial charge in [-0.1, -0.05) is 6.07 Å². The van der Waals surface area contributed by atoms with Gasteiger partial charge in [0.05, 0.1) is 14.2 Å². The molecule has 0 heterocycles. The summed E-state index contributed by atoms with van der Waals surface area (Å²) in [6, 6.07) is 4.05. The van der Waals surface area contributed by atoms with E-state index in [0.717, 1.165) is 13.2 Å². The molecule has 0 aliphatic rings. The van der Waals surface area contributed by atoms with E-state index >= 15 is 0 Å². The summed E-state index contributed by atoms with van der Waals surface area (Å²) in [5.41, 5.74) is -0.776. The number of carbonyl (C=O) groups is 2. The quantitative estimate of drug-likeness (QED) is 0.370. The summed E-state index contributed by atoms with van der Waals surface area (Å²) in [7, 11) is 2.49. The van der Waals surface area contributed by atoms with Crippen molar-refractivity contribution in [3.05, 3.63) is 35.2 Å². The minimum atomic E-state index is -0.856. The van der Waals surface area contributed by atoms with E-state index in [1.807, 2.05) is 0 Å². The first kappa shape index (κ1) is 17.7. The SMILES string of the molecule is COC(=O)C(=Cc1ccc(OC)c(F)c1)C(=O)OC(C)(C)C. The predicted molar refractivity (Wildman–Crippen MR) is 78.8 cm³/mol. The molecule has 0 fully saturated rings. The Morgan fingerprint density at radius 1 is 1.14 bits per heavy atom. The number of ether oxygens (including phenoxy) is 3. The molecule has 0 amide bonds. The van der Waals surface area contributed by atoms with Gasteiger partial charge in [-0.2, -0.15) is 0 Å². The maximum absolute atomic E-state index is 13.7. The van der Waals surface area contributed by atoms with Crippen molar-refractivity contribution in [1.82, 2.24) is 0 Å². The van der Waals surface area contributed by atoms with E-state index in [4.69, 9.17) is 9.47 Å². The molecule has 0 aromatic heterocycles. The first-order valence-electron chi connectivity index (χ1n) is 6.55. The molecule has 0 spiro atoms. The van der Waals surface area contributed by atoms with Crippen LogP contribution in [0, 0.1) is 5.82 Å². The number of esters is 2. The summed E-state index contributed by atoms with van der Waals surface area (Å²) in [5.74, 6) is -2.24. The Morgan fingerprint density at radius 2 is 1.77 bits per heavy atom. The highest BCUT2D eigenvalue weighted by Crippen LogP contribution is 2.20. The second-order valence-corrected chi connectivity index (χ2v) is 5.45. The van der Waals surface area contributed by atoms with Gasteiger partial charge in [-0.05, 0) is 44.5 Å². The van der Waals surface area contributed by atoms with E-state index in [0.29, 0.717) is 5.56 Å². The van der Waals surface area contributed by atoms with Gasteiger partial charge in [0, 0.05) is 0 Å². The minimum absolute atomic E-state index is 0.0639. The zero-order valence-electron chi connectivity index (χ0n) is 13.2. The molecule has 1 rings (SSSR count). The van der Waals surface area contributed by atoms with Crippen LogP contribution in [0.4, 0.5) is 4.39 Å². The zero-order chi connectivity index (χ0) is 16.9. The third-order valence-corrected chi connectivity index (χ3v) is 2.51. The van der Waals surface area contributed by atoms with Crippen molar-refractivity contribution in [2.24, 2.45) is 0 Å². The smallest absolute Gasteiger partial charge is 0.346 e. The molecule has 0 unspecified atom stereocenters. The van der Waals surface area contributed by atoms with Gasteiger partial charge in [0.1, 0.15) is 11.2 Å². The van der Waals surface area contributed by atoms with Crippen LogP contribution < -0.4 is 4.74 Å². The van der Waals surface area contributed by atoms with Gasteiger partial charge >= 0.3 is 11.9 Å². The van der Waals surface area contributed by atoms with Crippen molar-refractivity contribution >= 4 is 18.0 Å². The Morgan fingerprint density at radius 3 is 2.23 bits per heavy atom. The molecule has 5 nitrogen and oxygen atoms in total. The Balaban J connectivity index is 3.19. The van der Waals surface area contributed by atoms with E-state index in [1.165, 1.54) is 25.3 Å². The average Bonchev–Trinajstić information content (AvgIpc) is 2.42. The standard InChI is InChI=1S/C16H19FO5/c1-16(2,3)22-15(19)11(14(18)21-5)8-10-6-7-13(20-4)12(17)9-10/h6-9H,1-5H3. The predicted octanol–water partition coefficient (Wildman–Crippen LogP) is 2.73.